The normalized spacial score (nSPS) is 14.4. The Hall–Kier alpha value is -3.47. The van der Waals surface area contributed by atoms with Crippen LogP contribution in [0.4, 0.5) is 0 Å². The number of benzene rings is 3. The van der Waals surface area contributed by atoms with E-state index in [1.165, 1.54) is 0 Å². The predicted molar refractivity (Wildman–Crippen MR) is 130 cm³/mol. The lowest BCUT2D eigenvalue weighted by molar-refractivity contribution is 0.0535. The number of carbonyl (C=O) groups excluding carboxylic acids is 1. The minimum absolute atomic E-state index is 0. The van der Waals surface area contributed by atoms with Crippen molar-refractivity contribution in [2.75, 3.05) is 0 Å². The summed E-state index contributed by atoms with van der Waals surface area (Å²) in [5, 5.41) is 20.4. The van der Waals surface area contributed by atoms with Gasteiger partial charge in [-0.25, -0.2) is 4.79 Å². The molecule has 3 aromatic rings. The van der Waals surface area contributed by atoms with Gasteiger partial charge in [0.15, 0.2) is 0 Å². The molecule has 0 bridgehead atoms. The second kappa shape index (κ2) is 8.47. The van der Waals surface area contributed by atoms with Crippen LogP contribution < -0.4 is 4.74 Å². The SMILES string of the molecule is C.Cc1cc2c(c(C)c1O)Oc1c(cc(C)c(O)c1C)C2(C)C.O=C1OCc2ccccc21. The van der Waals surface area contributed by atoms with Crippen LogP contribution in [0.15, 0.2) is 36.4 Å². The smallest absolute Gasteiger partial charge is 0.338 e. The molecule has 0 unspecified atom stereocenters. The summed E-state index contributed by atoms with van der Waals surface area (Å²) in [6, 6.07) is 11.4. The fraction of sp³-hybridized carbons (Fsp3) is 0.321. The minimum Gasteiger partial charge on any atom is -0.507 e. The lowest BCUT2D eigenvalue weighted by Gasteiger charge is -2.37. The highest BCUT2D eigenvalue weighted by Crippen LogP contribution is 2.53. The molecule has 2 aliphatic rings. The summed E-state index contributed by atoms with van der Waals surface area (Å²) in [5.74, 6) is 1.74. The Labute approximate surface area is 195 Å². The van der Waals surface area contributed by atoms with E-state index in [2.05, 4.69) is 13.8 Å². The zero-order valence-electron chi connectivity index (χ0n) is 19.3. The molecule has 0 aliphatic carbocycles. The van der Waals surface area contributed by atoms with Gasteiger partial charge in [-0.15, -0.1) is 0 Å². The molecule has 0 atom stereocenters. The van der Waals surface area contributed by atoms with Gasteiger partial charge in [0.1, 0.15) is 29.6 Å². The van der Waals surface area contributed by atoms with E-state index in [-0.39, 0.29) is 30.3 Å². The predicted octanol–water partition coefficient (Wildman–Crippen LogP) is 6.76. The molecule has 2 N–H and O–H groups in total. The molecule has 0 fully saturated rings. The monoisotopic (exact) mass is 448 g/mol. The third-order valence-electron chi connectivity index (χ3n) is 6.50. The maximum absolute atomic E-state index is 10.8. The Morgan fingerprint density at radius 1 is 0.848 bits per heavy atom. The second-order valence-electron chi connectivity index (χ2n) is 9.05. The maximum Gasteiger partial charge on any atom is 0.338 e. The first-order valence-corrected chi connectivity index (χ1v) is 10.6. The summed E-state index contributed by atoms with van der Waals surface area (Å²) >= 11 is 0. The number of cyclic esters (lactones) is 1. The van der Waals surface area contributed by atoms with Crippen LogP contribution in [0.3, 0.4) is 0 Å². The van der Waals surface area contributed by atoms with Crippen molar-refractivity contribution in [1.82, 2.24) is 0 Å². The van der Waals surface area contributed by atoms with Gasteiger partial charge in [-0.2, -0.15) is 0 Å². The van der Waals surface area contributed by atoms with Gasteiger partial charge in [0.05, 0.1) is 5.56 Å². The Morgan fingerprint density at radius 2 is 1.33 bits per heavy atom. The van der Waals surface area contributed by atoms with Crippen molar-refractivity contribution < 1.29 is 24.5 Å². The Kier molecular flexibility index (Phi) is 6.20. The van der Waals surface area contributed by atoms with Gasteiger partial charge in [0.25, 0.3) is 0 Å². The number of hydrogen-bond donors (Lipinski definition) is 2. The van der Waals surface area contributed by atoms with Crippen LogP contribution in [0, 0.1) is 27.7 Å². The lowest BCUT2D eigenvalue weighted by Crippen LogP contribution is -2.25. The number of ether oxygens (including phenoxy) is 2. The molecule has 0 radical (unpaired) electrons. The van der Waals surface area contributed by atoms with Crippen LogP contribution in [-0.4, -0.2) is 16.2 Å². The van der Waals surface area contributed by atoms with Crippen LogP contribution in [0.25, 0.3) is 0 Å². The largest absolute Gasteiger partial charge is 0.507 e. The number of rotatable bonds is 0. The third-order valence-corrected chi connectivity index (χ3v) is 6.50. The highest BCUT2D eigenvalue weighted by molar-refractivity contribution is 5.93. The molecule has 0 amide bonds. The fourth-order valence-electron chi connectivity index (χ4n) is 4.42. The lowest BCUT2D eigenvalue weighted by atomic mass is 9.73. The molecule has 3 aromatic carbocycles. The quantitative estimate of drug-likeness (QED) is 0.372. The first kappa shape index (κ1) is 24.2. The van der Waals surface area contributed by atoms with Crippen molar-refractivity contribution >= 4 is 5.97 Å². The maximum atomic E-state index is 10.8. The molecule has 0 saturated heterocycles. The van der Waals surface area contributed by atoms with Crippen molar-refractivity contribution in [2.45, 2.75) is 61.0 Å². The van der Waals surface area contributed by atoms with Gasteiger partial charge in [0, 0.05) is 33.2 Å². The molecule has 2 heterocycles. The number of phenolic OH excluding ortho intramolecular Hbond substituents is 2. The molecule has 5 nitrogen and oxygen atoms in total. The Morgan fingerprint density at radius 3 is 1.82 bits per heavy atom. The van der Waals surface area contributed by atoms with Crippen LogP contribution in [0.5, 0.6) is 23.0 Å². The van der Waals surface area contributed by atoms with Crippen LogP contribution in [0.1, 0.15) is 70.6 Å². The number of esters is 1. The average molecular weight is 449 g/mol. The standard InChI is InChI=1S/C19H22O3.C8H6O2.CH4/c1-9-7-13-17(11(3)15(9)20)22-18-12(4)16(21)10(2)8-14(18)19(13,5)6;9-8-7-4-2-1-3-6(7)5-10-8;/h7-8,20-21H,1-6H3;1-4H,5H2;1H4. The van der Waals surface area contributed by atoms with Gasteiger partial charge in [0.2, 0.25) is 0 Å². The number of phenols is 2. The second-order valence-corrected chi connectivity index (χ2v) is 9.05. The van der Waals surface area contributed by atoms with E-state index in [9.17, 15) is 15.0 Å². The summed E-state index contributed by atoms with van der Waals surface area (Å²) in [5.41, 5.74) is 6.77. The summed E-state index contributed by atoms with van der Waals surface area (Å²) in [6.45, 7) is 12.3. The zero-order valence-corrected chi connectivity index (χ0v) is 19.3. The molecule has 5 heteroatoms. The molecular formula is C28H32O5. The molecule has 0 saturated carbocycles. The number of aromatic hydroxyl groups is 2. The van der Waals surface area contributed by atoms with E-state index in [1.54, 1.807) is 6.07 Å². The van der Waals surface area contributed by atoms with Crippen molar-refractivity contribution in [3.63, 3.8) is 0 Å². The molecule has 33 heavy (non-hydrogen) atoms. The van der Waals surface area contributed by atoms with Gasteiger partial charge in [-0.1, -0.05) is 39.5 Å². The Bertz CT molecular complexity index is 1190. The summed E-state index contributed by atoms with van der Waals surface area (Å²) < 4.78 is 10.9. The average Bonchev–Trinajstić information content (AvgIpc) is 3.14. The van der Waals surface area contributed by atoms with Crippen LogP contribution in [0.2, 0.25) is 0 Å². The summed E-state index contributed by atoms with van der Waals surface area (Å²) in [7, 11) is 0. The topological polar surface area (TPSA) is 76.0 Å². The van der Waals surface area contributed by atoms with E-state index < -0.39 is 0 Å². The van der Waals surface area contributed by atoms with E-state index >= 15 is 0 Å². The highest BCUT2D eigenvalue weighted by Gasteiger charge is 2.37. The third kappa shape index (κ3) is 3.82. The van der Waals surface area contributed by atoms with E-state index in [0.29, 0.717) is 23.7 Å². The highest BCUT2D eigenvalue weighted by atomic mass is 16.5. The van der Waals surface area contributed by atoms with E-state index in [1.807, 2.05) is 58.0 Å². The number of aryl methyl sites for hydroxylation is 2. The van der Waals surface area contributed by atoms with Crippen LogP contribution in [-0.2, 0) is 16.8 Å². The van der Waals surface area contributed by atoms with Gasteiger partial charge >= 0.3 is 5.97 Å². The minimum atomic E-state index is -0.255. The van der Waals surface area contributed by atoms with Crippen molar-refractivity contribution in [1.29, 1.82) is 0 Å². The first-order chi connectivity index (χ1) is 15.0. The van der Waals surface area contributed by atoms with Gasteiger partial charge in [-0.3, -0.25) is 0 Å². The zero-order chi connectivity index (χ0) is 23.4. The van der Waals surface area contributed by atoms with Gasteiger partial charge in [-0.05, 0) is 57.0 Å². The first-order valence-electron chi connectivity index (χ1n) is 10.6. The van der Waals surface area contributed by atoms with Crippen molar-refractivity contribution in [3.8, 4) is 23.0 Å². The molecule has 0 aromatic heterocycles. The van der Waals surface area contributed by atoms with E-state index in [0.717, 1.165) is 38.9 Å². The summed E-state index contributed by atoms with van der Waals surface area (Å²) in [4.78, 5) is 10.8. The number of fused-ring (bicyclic) bond motifs is 3. The molecular weight excluding hydrogens is 416 g/mol. The molecule has 174 valence electrons. The van der Waals surface area contributed by atoms with E-state index in [4.69, 9.17) is 9.47 Å². The van der Waals surface area contributed by atoms with Crippen LogP contribution >= 0.6 is 0 Å². The molecule has 0 spiro atoms. The molecule has 5 rings (SSSR count). The van der Waals surface area contributed by atoms with Crippen molar-refractivity contribution in [3.05, 3.63) is 80.9 Å². The van der Waals surface area contributed by atoms with Crippen molar-refractivity contribution in [2.24, 2.45) is 0 Å². The fourth-order valence-corrected chi connectivity index (χ4v) is 4.42. The Balaban J connectivity index is 0.000000233. The van der Waals surface area contributed by atoms with Gasteiger partial charge < -0.3 is 19.7 Å². The summed E-state index contributed by atoms with van der Waals surface area (Å²) in [6.07, 6.45) is 0. The molecule has 2 aliphatic heterocycles. The number of hydrogen-bond acceptors (Lipinski definition) is 5. The number of carbonyl (C=O) groups is 1.